The van der Waals surface area contributed by atoms with Gasteiger partial charge in [-0.3, -0.25) is 25.2 Å². The quantitative estimate of drug-likeness (QED) is 0.669. The number of hydrogen-bond donors (Lipinski definition) is 2. The van der Waals surface area contributed by atoms with Gasteiger partial charge in [0, 0.05) is 26.2 Å². The molecular formula is C20H25N5O4S2. The van der Waals surface area contributed by atoms with E-state index < -0.39 is 0 Å². The summed E-state index contributed by atoms with van der Waals surface area (Å²) in [4.78, 5) is 47.3. The summed E-state index contributed by atoms with van der Waals surface area (Å²) in [6.45, 7) is 5.54. The normalized spacial score (nSPS) is 19.2. The van der Waals surface area contributed by atoms with Gasteiger partial charge in [0.15, 0.2) is 5.13 Å². The van der Waals surface area contributed by atoms with E-state index in [4.69, 9.17) is 4.74 Å². The number of ether oxygens (including phenoxy) is 1. The summed E-state index contributed by atoms with van der Waals surface area (Å²) >= 11 is 2.70. The molecule has 2 aromatic rings. The lowest BCUT2D eigenvalue weighted by molar-refractivity contribution is -0.127. The minimum atomic E-state index is -0.384. The SMILES string of the molecule is Cc1nc(N2CCOCC2)sc1C(=O)NNC(=O)C1CCCN(C(=O)c2cccs2)C1. The Balaban J connectivity index is 1.31. The molecule has 11 heteroatoms. The Hall–Kier alpha value is -2.50. The Bertz CT molecular complexity index is 940. The molecular weight excluding hydrogens is 438 g/mol. The van der Waals surface area contributed by atoms with E-state index in [-0.39, 0.29) is 23.6 Å². The summed E-state index contributed by atoms with van der Waals surface area (Å²) in [6, 6.07) is 3.63. The van der Waals surface area contributed by atoms with Gasteiger partial charge in [0.25, 0.3) is 11.8 Å². The van der Waals surface area contributed by atoms with Crippen molar-refractivity contribution < 1.29 is 19.1 Å². The molecule has 31 heavy (non-hydrogen) atoms. The molecule has 4 rings (SSSR count). The number of amides is 3. The number of carbonyl (C=O) groups is 3. The van der Waals surface area contributed by atoms with E-state index in [9.17, 15) is 14.4 Å². The summed E-state index contributed by atoms with van der Waals surface area (Å²) in [5, 5.41) is 2.65. The van der Waals surface area contributed by atoms with Crippen molar-refractivity contribution in [3.63, 3.8) is 0 Å². The molecule has 0 bridgehead atoms. The second kappa shape index (κ2) is 9.75. The molecule has 3 amide bonds. The maximum absolute atomic E-state index is 12.6. The lowest BCUT2D eigenvalue weighted by Gasteiger charge is -2.31. The van der Waals surface area contributed by atoms with E-state index in [1.54, 1.807) is 17.9 Å². The number of hydrogen-bond acceptors (Lipinski definition) is 8. The number of piperidine rings is 1. The van der Waals surface area contributed by atoms with Crippen LogP contribution in [0.4, 0.5) is 5.13 Å². The third-order valence-electron chi connectivity index (χ3n) is 5.38. The fourth-order valence-electron chi connectivity index (χ4n) is 3.69. The number of likely N-dealkylation sites (tertiary alicyclic amines) is 1. The minimum absolute atomic E-state index is 0.0486. The number of rotatable bonds is 4. The van der Waals surface area contributed by atoms with E-state index in [1.807, 2.05) is 11.4 Å². The van der Waals surface area contributed by atoms with Gasteiger partial charge < -0.3 is 14.5 Å². The van der Waals surface area contributed by atoms with Crippen molar-refractivity contribution in [1.82, 2.24) is 20.7 Å². The van der Waals surface area contributed by atoms with Crippen LogP contribution in [0.5, 0.6) is 0 Å². The van der Waals surface area contributed by atoms with E-state index in [1.165, 1.54) is 22.7 Å². The molecule has 0 radical (unpaired) electrons. The predicted octanol–water partition coefficient (Wildman–Crippen LogP) is 1.66. The molecule has 9 nitrogen and oxygen atoms in total. The zero-order valence-electron chi connectivity index (χ0n) is 17.3. The highest BCUT2D eigenvalue weighted by molar-refractivity contribution is 7.17. The molecule has 2 aromatic heterocycles. The van der Waals surface area contributed by atoms with Crippen LogP contribution in [0.2, 0.25) is 0 Å². The van der Waals surface area contributed by atoms with Gasteiger partial charge in [-0.05, 0) is 31.2 Å². The van der Waals surface area contributed by atoms with Crippen LogP contribution in [0.15, 0.2) is 17.5 Å². The fourth-order valence-corrected chi connectivity index (χ4v) is 5.40. The number of carbonyl (C=O) groups excluding carboxylic acids is 3. The zero-order valence-corrected chi connectivity index (χ0v) is 18.9. The number of aromatic nitrogens is 1. The molecule has 4 heterocycles. The zero-order chi connectivity index (χ0) is 21.8. The summed E-state index contributed by atoms with van der Waals surface area (Å²) in [6.07, 6.45) is 1.43. The summed E-state index contributed by atoms with van der Waals surface area (Å²) in [5.74, 6) is -1.07. The van der Waals surface area contributed by atoms with Crippen LogP contribution in [-0.2, 0) is 9.53 Å². The van der Waals surface area contributed by atoms with E-state index in [0.717, 1.165) is 24.6 Å². The summed E-state index contributed by atoms with van der Waals surface area (Å²) in [7, 11) is 0. The van der Waals surface area contributed by atoms with Crippen molar-refractivity contribution in [3.8, 4) is 0 Å². The lowest BCUT2D eigenvalue weighted by Crippen LogP contribution is -2.50. The highest BCUT2D eigenvalue weighted by Crippen LogP contribution is 2.26. The largest absolute Gasteiger partial charge is 0.378 e. The molecule has 0 aliphatic carbocycles. The Kier molecular flexibility index (Phi) is 6.83. The number of morpholine rings is 1. The maximum atomic E-state index is 12.6. The van der Waals surface area contributed by atoms with Crippen LogP contribution in [0.1, 0.15) is 37.9 Å². The number of aryl methyl sites for hydroxylation is 1. The Morgan fingerprint density at radius 2 is 2.00 bits per heavy atom. The van der Waals surface area contributed by atoms with Gasteiger partial charge in [0.05, 0.1) is 29.7 Å². The first kappa shape index (κ1) is 21.7. The van der Waals surface area contributed by atoms with Gasteiger partial charge >= 0.3 is 0 Å². The molecule has 2 fully saturated rings. The van der Waals surface area contributed by atoms with Crippen molar-refractivity contribution >= 4 is 45.5 Å². The van der Waals surface area contributed by atoms with Crippen molar-refractivity contribution in [3.05, 3.63) is 33.0 Å². The molecule has 2 aliphatic heterocycles. The van der Waals surface area contributed by atoms with Gasteiger partial charge in [-0.15, -0.1) is 11.3 Å². The van der Waals surface area contributed by atoms with Crippen molar-refractivity contribution in [2.45, 2.75) is 19.8 Å². The third kappa shape index (κ3) is 5.05. The predicted molar refractivity (Wildman–Crippen MR) is 118 cm³/mol. The fraction of sp³-hybridized carbons (Fsp3) is 0.500. The number of nitrogens with zero attached hydrogens (tertiary/aromatic N) is 3. The highest BCUT2D eigenvalue weighted by atomic mass is 32.1. The van der Waals surface area contributed by atoms with E-state index >= 15 is 0 Å². The monoisotopic (exact) mass is 463 g/mol. The standard InChI is InChI=1S/C20H25N5O4S2/c1-13-16(31-20(21-13)24-7-9-29-10-8-24)18(27)23-22-17(26)14-4-2-6-25(12-14)19(28)15-5-3-11-30-15/h3,5,11,14H,2,4,6-10,12H2,1H3,(H,22,26)(H,23,27). The smallest absolute Gasteiger partial charge is 0.281 e. The first-order valence-corrected chi connectivity index (χ1v) is 12.0. The average molecular weight is 464 g/mol. The summed E-state index contributed by atoms with van der Waals surface area (Å²) in [5.41, 5.74) is 5.67. The molecule has 2 saturated heterocycles. The van der Waals surface area contributed by atoms with Crippen LogP contribution in [-0.4, -0.2) is 67.0 Å². The van der Waals surface area contributed by atoms with Crippen LogP contribution < -0.4 is 15.8 Å². The average Bonchev–Trinajstić information content (AvgIpc) is 3.47. The van der Waals surface area contributed by atoms with Gasteiger partial charge in [-0.25, -0.2) is 4.98 Å². The topological polar surface area (TPSA) is 104 Å². The molecule has 1 atom stereocenters. The number of thiazole rings is 1. The minimum Gasteiger partial charge on any atom is -0.378 e. The molecule has 2 aliphatic rings. The molecule has 0 spiro atoms. The van der Waals surface area contributed by atoms with Crippen LogP contribution in [0.25, 0.3) is 0 Å². The van der Waals surface area contributed by atoms with Gasteiger partial charge in [0.1, 0.15) is 4.88 Å². The molecule has 1 unspecified atom stereocenters. The van der Waals surface area contributed by atoms with Gasteiger partial charge in [-0.2, -0.15) is 0 Å². The Morgan fingerprint density at radius 3 is 2.74 bits per heavy atom. The van der Waals surface area contributed by atoms with E-state index in [0.29, 0.717) is 48.2 Å². The molecule has 2 N–H and O–H groups in total. The Morgan fingerprint density at radius 1 is 1.19 bits per heavy atom. The molecule has 166 valence electrons. The van der Waals surface area contributed by atoms with Crippen LogP contribution >= 0.6 is 22.7 Å². The van der Waals surface area contributed by atoms with Gasteiger partial charge in [0.2, 0.25) is 5.91 Å². The molecule has 0 saturated carbocycles. The number of anilines is 1. The first-order valence-electron chi connectivity index (χ1n) is 10.3. The van der Waals surface area contributed by atoms with E-state index in [2.05, 4.69) is 20.7 Å². The molecule has 0 aromatic carbocycles. The van der Waals surface area contributed by atoms with Crippen LogP contribution in [0, 0.1) is 12.8 Å². The van der Waals surface area contributed by atoms with Crippen molar-refractivity contribution in [2.75, 3.05) is 44.3 Å². The number of thiophene rings is 1. The maximum Gasteiger partial charge on any atom is 0.281 e. The highest BCUT2D eigenvalue weighted by Gasteiger charge is 2.30. The second-order valence-corrected chi connectivity index (χ2v) is 9.45. The Labute approximate surface area is 188 Å². The lowest BCUT2D eigenvalue weighted by atomic mass is 9.97. The number of hydrazine groups is 1. The number of nitrogens with one attached hydrogen (secondary N) is 2. The van der Waals surface area contributed by atoms with Gasteiger partial charge in [-0.1, -0.05) is 17.4 Å². The second-order valence-electron chi connectivity index (χ2n) is 7.52. The summed E-state index contributed by atoms with van der Waals surface area (Å²) < 4.78 is 5.36. The third-order valence-corrected chi connectivity index (χ3v) is 7.46. The first-order chi connectivity index (χ1) is 15.0. The van der Waals surface area contributed by atoms with Crippen molar-refractivity contribution in [1.29, 1.82) is 0 Å². The van der Waals surface area contributed by atoms with Crippen molar-refractivity contribution in [2.24, 2.45) is 5.92 Å². The van der Waals surface area contributed by atoms with Crippen LogP contribution in [0.3, 0.4) is 0 Å².